The third-order valence-electron chi connectivity index (χ3n) is 2.22. The molecule has 0 aliphatic rings. The van der Waals surface area contributed by atoms with Crippen molar-refractivity contribution < 1.29 is 4.39 Å². The highest BCUT2D eigenvalue weighted by atomic mass is 35.5. The normalized spacial score (nSPS) is 10.4. The Kier molecular flexibility index (Phi) is 4.85. The first kappa shape index (κ1) is 12.3. The van der Waals surface area contributed by atoms with Gasteiger partial charge in [0.25, 0.3) is 0 Å². The summed E-state index contributed by atoms with van der Waals surface area (Å²) in [6.45, 7) is 4.80. The molecule has 0 radical (unpaired) electrons. The molecule has 0 amide bonds. The first-order valence-electron chi connectivity index (χ1n) is 5.02. The fraction of sp³-hybridized carbons (Fsp3) is 0.455. The highest BCUT2D eigenvalue weighted by Gasteiger charge is 2.04. The third kappa shape index (κ3) is 3.68. The van der Waals surface area contributed by atoms with Crippen LogP contribution in [0.5, 0.6) is 0 Å². The fourth-order valence-electron chi connectivity index (χ4n) is 1.28. The Balaban J connectivity index is 2.57. The maximum absolute atomic E-state index is 12.9. The van der Waals surface area contributed by atoms with E-state index >= 15 is 0 Å². The van der Waals surface area contributed by atoms with Gasteiger partial charge >= 0.3 is 0 Å². The summed E-state index contributed by atoms with van der Waals surface area (Å²) < 4.78 is 12.9. The minimum absolute atomic E-state index is 0.169. The number of nitrogens with zero attached hydrogens (tertiary/aromatic N) is 1. The standard InChI is InChI=1S/C11H16ClFN2/c1-3-14-6-7-15(2)9-4-5-11(13)10(12)8-9/h4-5,8,14H,3,6-7H2,1-2H3. The van der Waals surface area contributed by atoms with E-state index in [2.05, 4.69) is 12.2 Å². The Hall–Kier alpha value is -0.800. The van der Waals surface area contributed by atoms with E-state index < -0.39 is 0 Å². The lowest BCUT2D eigenvalue weighted by molar-refractivity contribution is 0.628. The number of hydrogen-bond donors (Lipinski definition) is 1. The van der Waals surface area contributed by atoms with Crippen LogP contribution < -0.4 is 10.2 Å². The van der Waals surface area contributed by atoms with Gasteiger partial charge in [-0.3, -0.25) is 0 Å². The van der Waals surface area contributed by atoms with Gasteiger partial charge in [-0.25, -0.2) is 4.39 Å². The molecule has 0 fully saturated rings. The van der Waals surface area contributed by atoms with Crippen LogP contribution in [0, 0.1) is 5.82 Å². The van der Waals surface area contributed by atoms with Crippen molar-refractivity contribution in [2.24, 2.45) is 0 Å². The average Bonchev–Trinajstić information content (AvgIpc) is 2.22. The summed E-state index contributed by atoms with van der Waals surface area (Å²) in [4.78, 5) is 2.04. The molecule has 1 aromatic rings. The summed E-state index contributed by atoms with van der Waals surface area (Å²) in [5.41, 5.74) is 0.930. The maximum atomic E-state index is 12.9. The van der Waals surface area contributed by atoms with Gasteiger partial charge in [-0.2, -0.15) is 0 Å². The molecule has 2 nitrogen and oxygen atoms in total. The second-order valence-electron chi connectivity index (χ2n) is 3.37. The van der Waals surface area contributed by atoms with Crippen molar-refractivity contribution >= 4 is 17.3 Å². The molecule has 0 aliphatic heterocycles. The van der Waals surface area contributed by atoms with Crippen molar-refractivity contribution in [2.45, 2.75) is 6.92 Å². The van der Waals surface area contributed by atoms with Gasteiger partial charge in [0.2, 0.25) is 0 Å². The van der Waals surface area contributed by atoms with Gasteiger partial charge in [-0.05, 0) is 24.7 Å². The summed E-state index contributed by atoms with van der Waals surface area (Å²) in [5, 5.41) is 3.40. The molecule has 84 valence electrons. The van der Waals surface area contributed by atoms with Crippen LogP contribution in [-0.2, 0) is 0 Å². The van der Waals surface area contributed by atoms with Crippen LogP contribution in [0.25, 0.3) is 0 Å². The summed E-state index contributed by atoms with van der Waals surface area (Å²) >= 11 is 5.70. The summed E-state index contributed by atoms with van der Waals surface area (Å²) in [6.07, 6.45) is 0. The number of likely N-dealkylation sites (N-methyl/N-ethyl adjacent to an activating group) is 2. The minimum Gasteiger partial charge on any atom is -0.373 e. The lowest BCUT2D eigenvalue weighted by atomic mass is 10.3. The molecule has 0 saturated carbocycles. The molecule has 0 bridgehead atoms. The van der Waals surface area contributed by atoms with Crippen molar-refractivity contribution in [1.29, 1.82) is 0 Å². The molecular weight excluding hydrogens is 215 g/mol. The predicted molar refractivity (Wildman–Crippen MR) is 63.2 cm³/mol. The molecule has 0 aliphatic carbocycles. The van der Waals surface area contributed by atoms with E-state index in [9.17, 15) is 4.39 Å². The zero-order valence-corrected chi connectivity index (χ0v) is 9.81. The molecule has 0 atom stereocenters. The quantitative estimate of drug-likeness (QED) is 0.782. The number of halogens is 2. The number of benzene rings is 1. The minimum atomic E-state index is -0.375. The van der Waals surface area contributed by atoms with Crippen LogP contribution >= 0.6 is 11.6 Å². The Morgan fingerprint density at radius 2 is 2.20 bits per heavy atom. The Bertz CT molecular complexity index is 317. The van der Waals surface area contributed by atoms with E-state index in [0.717, 1.165) is 25.3 Å². The Morgan fingerprint density at radius 1 is 1.47 bits per heavy atom. The summed E-state index contributed by atoms with van der Waals surface area (Å²) in [5.74, 6) is -0.375. The first-order chi connectivity index (χ1) is 7.15. The largest absolute Gasteiger partial charge is 0.373 e. The van der Waals surface area contributed by atoms with Gasteiger partial charge in [0, 0.05) is 25.8 Å². The summed E-state index contributed by atoms with van der Waals surface area (Å²) in [6, 6.07) is 4.76. The first-order valence-corrected chi connectivity index (χ1v) is 5.40. The fourth-order valence-corrected chi connectivity index (χ4v) is 1.45. The second kappa shape index (κ2) is 5.93. The van der Waals surface area contributed by atoms with Crippen molar-refractivity contribution in [1.82, 2.24) is 5.32 Å². The maximum Gasteiger partial charge on any atom is 0.141 e. The zero-order chi connectivity index (χ0) is 11.3. The topological polar surface area (TPSA) is 15.3 Å². The number of anilines is 1. The SMILES string of the molecule is CCNCCN(C)c1ccc(F)c(Cl)c1. The number of nitrogens with one attached hydrogen (secondary N) is 1. The molecule has 0 saturated heterocycles. The molecule has 0 spiro atoms. The molecule has 15 heavy (non-hydrogen) atoms. The van der Waals surface area contributed by atoms with Crippen LogP contribution in [0.4, 0.5) is 10.1 Å². The lowest BCUT2D eigenvalue weighted by Gasteiger charge is -2.19. The number of rotatable bonds is 5. The van der Waals surface area contributed by atoms with Crippen LogP contribution in [-0.4, -0.2) is 26.7 Å². The Morgan fingerprint density at radius 3 is 2.80 bits per heavy atom. The molecule has 1 rings (SSSR count). The molecule has 1 aromatic carbocycles. The van der Waals surface area contributed by atoms with Gasteiger partial charge in [-0.1, -0.05) is 18.5 Å². The van der Waals surface area contributed by atoms with Gasteiger partial charge in [0.05, 0.1) is 5.02 Å². The van der Waals surface area contributed by atoms with Gasteiger partial charge in [-0.15, -0.1) is 0 Å². The molecule has 0 heterocycles. The molecular formula is C11H16ClFN2. The smallest absolute Gasteiger partial charge is 0.141 e. The van der Waals surface area contributed by atoms with E-state index in [0.29, 0.717) is 0 Å². The highest BCUT2D eigenvalue weighted by Crippen LogP contribution is 2.21. The van der Waals surface area contributed by atoms with Crippen LogP contribution in [0.2, 0.25) is 5.02 Å². The van der Waals surface area contributed by atoms with E-state index in [4.69, 9.17) is 11.6 Å². The molecule has 4 heteroatoms. The van der Waals surface area contributed by atoms with Crippen LogP contribution in [0.1, 0.15) is 6.92 Å². The van der Waals surface area contributed by atoms with E-state index in [1.807, 2.05) is 11.9 Å². The van der Waals surface area contributed by atoms with Crippen LogP contribution in [0.3, 0.4) is 0 Å². The van der Waals surface area contributed by atoms with Crippen molar-refractivity contribution in [2.75, 3.05) is 31.6 Å². The summed E-state index contributed by atoms with van der Waals surface area (Å²) in [7, 11) is 1.96. The monoisotopic (exact) mass is 230 g/mol. The molecule has 0 unspecified atom stereocenters. The van der Waals surface area contributed by atoms with E-state index in [-0.39, 0.29) is 10.8 Å². The highest BCUT2D eigenvalue weighted by molar-refractivity contribution is 6.31. The third-order valence-corrected chi connectivity index (χ3v) is 2.51. The van der Waals surface area contributed by atoms with Gasteiger partial charge < -0.3 is 10.2 Å². The average molecular weight is 231 g/mol. The van der Waals surface area contributed by atoms with Gasteiger partial charge in [0.15, 0.2) is 0 Å². The molecule has 1 N–H and O–H groups in total. The van der Waals surface area contributed by atoms with Gasteiger partial charge in [0.1, 0.15) is 5.82 Å². The van der Waals surface area contributed by atoms with Crippen molar-refractivity contribution in [3.05, 3.63) is 29.0 Å². The lowest BCUT2D eigenvalue weighted by Crippen LogP contribution is -2.28. The molecule has 0 aromatic heterocycles. The Labute approximate surface area is 95.0 Å². The number of hydrogen-bond acceptors (Lipinski definition) is 2. The van der Waals surface area contributed by atoms with E-state index in [1.165, 1.54) is 6.07 Å². The zero-order valence-electron chi connectivity index (χ0n) is 9.06. The van der Waals surface area contributed by atoms with Crippen molar-refractivity contribution in [3.8, 4) is 0 Å². The second-order valence-corrected chi connectivity index (χ2v) is 3.78. The predicted octanol–water partition coefficient (Wildman–Crippen LogP) is 2.52. The van der Waals surface area contributed by atoms with Crippen molar-refractivity contribution in [3.63, 3.8) is 0 Å². The van der Waals surface area contributed by atoms with Crippen LogP contribution in [0.15, 0.2) is 18.2 Å². The van der Waals surface area contributed by atoms with E-state index in [1.54, 1.807) is 12.1 Å².